The molecule has 0 aliphatic heterocycles. The summed E-state index contributed by atoms with van der Waals surface area (Å²) in [5, 5.41) is 4.11. The summed E-state index contributed by atoms with van der Waals surface area (Å²) in [5.41, 5.74) is 5.88. The summed E-state index contributed by atoms with van der Waals surface area (Å²) >= 11 is 5.14. The third-order valence-electron chi connectivity index (χ3n) is 4.05. The van der Waals surface area contributed by atoms with E-state index in [2.05, 4.69) is 38.2 Å². The molecule has 0 amide bonds. The second-order valence-electron chi connectivity index (χ2n) is 5.45. The van der Waals surface area contributed by atoms with E-state index >= 15 is 0 Å². The maximum absolute atomic E-state index is 5.95. The molecule has 1 saturated carbocycles. The molecule has 2 N–H and O–H groups in total. The van der Waals surface area contributed by atoms with E-state index in [0.29, 0.717) is 12.3 Å². The summed E-state index contributed by atoms with van der Waals surface area (Å²) in [5.74, 6) is 2.19. The van der Waals surface area contributed by atoms with Crippen LogP contribution in [0.3, 0.4) is 0 Å². The Labute approximate surface area is 137 Å². The number of benzene rings is 1. The van der Waals surface area contributed by atoms with Crippen LogP contribution in [0.2, 0.25) is 0 Å². The van der Waals surface area contributed by atoms with E-state index in [-0.39, 0.29) is 5.41 Å². The number of nitrogens with two attached hydrogens (primary N) is 1. The van der Waals surface area contributed by atoms with Crippen LogP contribution in [0.1, 0.15) is 37.4 Å². The van der Waals surface area contributed by atoms with Gasteiger partial charge in [-0.25, -0.2) is 0 Å². The van der Waals surface area contributed by atoms with Crippen molar-refractivity contribution in [2.75, 3.05) is 6.54 Å². The van der Waals surface area contributed by atoms with Crippen LogP contribution in [0.15, 0.2) is 38.2 Å². The minimum atomic E-state index is -0.0759. The van der Waals surface area contributed by atoms with Crippen molar-refractivity contribution in [1.82, 2.24) is 10.1 Å². The average molecular weight is 368 g/mol. The molecule has 21 heavy (non-hydrogen) atoms. The summed E-state index contributed by atoms with van der Waals surface area (Å²) in [6, 6.07) is 8.22. The van der Waals surface area contributed by atoms with Gasteiger partial charge in [0.1, 0.15) is 0 Å². The monoisotopic (exact) mass is 367 g/mol. The largest absolute Gasteiger partial charge is 0.339 e. The van der Waals surface area contributed by atoms with Gasteiger partial charge in [0.2, 0.25) is 5.89 Å². The van der Waals surface area contributed by atoms with Crippen LogP contribution in [-0.4, -0.2) is 16.7 Å². The maximum atomic E-state index is 5.95. The summed E-state index contributed by atoms with van der Waals surface area (Å²) in [4.78, 5) is 5.77. The molecule has 1 aliphatic carbocycles. The lowest BCUT2D eigenvalue weighted by Gasteiger charge is -2.21. The van der Waals surface area contributed by atoms with E-state index in [4.69, 9.17) is 10.3 Å². The fraction of sp³-hybridized carbons (Fsp3) is 0.467. The number of nitrogens with zero attached hydrogens (tertiary/aromatic N) is 2. The van der Waals surface area contributed by atoms with Crippen molar-refractivity contribution < 1.29 is 4.52 Å². The van der Waals surface area contributed by atoms with Crippen molar-refractivity contribution in [2.24, 2.45) is 5.73 Å². The molecule has 112 valence electrons. The second-order valence-corrected chi connectivity index (χ2v) is 7.41. The summed E-state index contributed by atoms with van der Waals surface area (Å²) in [6.07, 6.45) is 4.51. The molecule has 4 nitrogen and oxygen atoms in total. The highest BCUT2D eigenvalue weighted by Gasteiger charge is 2.39. The molecule has 0 radical (unpaired) electrons. The first kappa shape index (κ1) is 15.1. The van der Waals surface area contributed by atoms with Crippen LogP contribution in [0.5, 0.6) is 0 Å². The van der Waals surface area contributed by atoms with Gasteiger partial charge >= 0.3 is 0 Å². The first-order valence-electron chi connectivity index (χ1n) is 7.13. The third kappa shape index (κ3) is 3.33. The predicted molar refractivity (Wildman–Crippen MR) is 87.2 cm³/mol. The highest BCUT2D eigenvalue weighted by Crippen LogP contribution is 2.39. The minimum absolute atomic E-state index is 0.0759. The van der Waals surface area contributed by atoms with Gasteiger partial charge in [-0.2, -0.15) is 4.98 Å². The van der Waals surface area contributed by atoms with Gasteiger partial charge in [-0.1, -0.05) is 33.9 Å². The molecule has 1 heterocycles. The standard InChI is InChI=1S/C15H18BrN3OS/c16-11-3-5-12(6-4-11)21-9-13-18-14(20-19-13)15(10-17)7-1-2-8-15/h3-6H,1-2,7-10,17H2. The van der Waals surface area contributed by atoms with Crippen LogP contribution in [0, 0.1) is 0 Å². The highest BCUT2D eigenvalue weighted by atomic mass is 79.9. The Balaban J connectivity index is 1.66. The van der Waals surface area contributed by atoms with Crippen molar-refractivity contribution in [1.29, 1.82) is 0 Å². The van der Waals surface area contributed by atoms with Crippen molar-refractivity contribution in [3.63, 3.8) is 0 Å². The van der Waals surface area contributed by atoms with Gasteiger partial charge in [0.05, 0.1) is 11.2 Å². The molecule has 1 aromatic carbocycles. The Morgan fingerprint density at radius 3 is 2.62 bits per heavy atom. The van der Waals surface area contributed by atoms with E-state index < -0.39 is 0 Å². The molecular weight excluding hydrogens is 350 g/mol. The van der Waals surface area contributed by atoms with Gasteiger partial charge in [0.25, 0.3) is 0 Å². The Bertz CT molecular complexity index is 593. The average Bonchev–Trinajstić information content (AvgIpc) is 3.16. The summed E-state index contributed by atoms with van der Waals surface area (Å²) in [6.45, 7) is 0.592. The molecule has 0 atom stereocenters. The van der Waals surface area contributed by atoms with Gasteiger partial charge in [0.15, 0.2) is 5.82 Å². The Morgan fingerprint density at radius 2 is 1.95 bits per heavy atom. The van der Waals surface area contributed by atoms with E-state index in [1.807, 2.05) is 12.1 Å². The second kappa shape index (κ2) is 6.50. The molecule has 0 unspecified atom stereocenters. The summed E-state index contributed by atoms with van der Waals surface area (Å²) < 4.78 is 6.57. The highest BCUT2D eigenvalue weighted by molar-refractivity contribution is 9.10. The number of hydrogen-bond donors (Lipinski definition) is 1. The molecule has 1 aliphatic rings. The normalized spacial score (nSPS) is 17.2. The van der Waals surface area contributed by atoms with Crippen molar-refractivity contribution in [3.05, 3.63) is 40.5 Å². The van der Waals surface area contributed by atoms with E-state index in [0.717, 1.165) is 29.0 Å². The topological polar surface area (TPSA) is 64.9 Å². The van der Waals surface area contributed by atoms with Crippen molar-refractivity contribution in [2.45, 2.75) is 41.7 Å². The zero-order chi connectivity index (χ0) is 14.7. The number of aromatic nitrogens is 2. The van der Waals surface area contributed by atoms with Crippen molar-refractivity contribution in [3.8, 4) is 0 Å². The third-order valence-corrected chi connectivity index (χ3v) is 5.59. The molecule has 6 heteroatoms. The fourth-order valence-corrected chi connectivity index (χ4v) is 3.77. The molecule has 1 aromatic heterocycles. The van der Waals surface area contributed by atoms with Gasteiger partial charge in [0, 0.05) is 15.9 Å². The molecule has 0 saturated heterocycles. The quantitative estimate of drug-likeness (QED) is 0.811. The van der Waals surface area contributed by atoms with Crippen LogP contribution in [-0.2, 0) is 11.2 Å². The summed E-state index contributed by atoms with van der Waals surface area (Å²) in [7, 11) is 0. The lowest BCUT2D eigenvalue weighted by Crippen LogP contribution is -2.32. The molecule has 2 aromatic rings. The Hall–Kier alpha value is -0.850. The zero-order valence-corrected chi connectivity index (χ0v) is 14.1. The first-order chi connectivity index (χ1) is 10.2. The number of halogens is 1. The van der Waals surface area contributed by atoms with Gasteiger partial charge in [-0.3, -0.25) is 0 Å². The van der Waals surface area contributed by atoms with Gasteiger partial charge in [-0.15, -0.1) is 11.8 Å². The Kier molecular flexibility index (Phi) is 4.66. The number of hydrogen-bond acceptors (Lipinski definition) is 5. The van der Waals surface area contributed by atoms with Gasteiger partial charge < -0.3 is 10.3 Å². The molecule has 1 fully saturated rings. The first-order valence-corrected chi connectivity index (χ1v) is 8.91. The van der Waals surface area contributed by atoms with E-state index in [1.165, 1.54) is 17.7 Å². The lowest BCUT2D eigenvalue weighted by atomic mass is 9.86. The van der Waals surface area contributed by atoms with Crippen LogP contribution < -0.4 is 5.73 Å². The molecule has 0 spiro atoms. The minimum Gasteiger partial charge on any atom is -0.339 e. The molecule has 3 rings (SSSR count). The lowest BCUT2D eigenvalue weighted by molar-refractivity contribution is 0.283. The number of rotatable bonds is 5. The van der Waals surface area contributed by atoms with Crippen LogP contribution in [0.25, 0.3) is 0 Å². The maximum Gasteiger partial charge on any atom is 0.234 e. The molecular formula is C15H18BrN3OS. The van der Waals surface area contributed by atoms with E-state index in [9.17, 15) is 0 Å². The van der Waals surface area contributed by atoms with E-state index in [1.54, 1.807) is 11.8 Å². The molecule has 0 bridgehead atoms. The zero-order valence-electron chi connectivity index (χ0n) is 11.7. The number of thioether (sulfide) groups is 1. The van der Waals surface area contributed by atoms with Crippen LogP contribution >= 0.6 is 27.7 Å². The van der Waals surface area contributed by atoms with Gasteiger partial charge in [-0.05, 0) is 37.1 Å². The predicted octanol–water partition coefficient (Wildman–Crippen LogP) is 3.89. The van der Waals surface area contributed by atoms with Crippen LogP contribution in [0.4, 0.5) is 0 Å². The van der Waals surface area contributed by atoms with Crippen molar-refractivity contribution >= 4 is 27.7 Å². The SMILES string of the molecule is NCC1(c2nc(CSc3ccc(Br)cc3)no2)CCCC1. The fourth-order valence-electron chi connectivity index (χ4n) is 2.76. The Morgan fingerprint density at radius 1 is 1.24 bits per heavy atom. The smallest absolute Gasteiger partial charge is 0.234 e.